The van der Waals surface area contributed by atoms with Crippen LogP contribution >= 0.6 is 0 Å². The molecule has 5 nitrogen and oxygen atoms in total. The van der Waals surface area contributed by atoms with E-state index in [2.05, 4.69) is 4.74 Å². The third-order valence-corrected chi connectivity index (χ3v) is 3.14. The normalized spacial score (nSPS) is 11.1. The molecule has 0 unspecified atom stereocenters. The van der Waals surface area contributed by atoms with Gasteiger partial charge in [0.05, 0.1) is 23.2 Å². The summed E-state index contributed by atoms with van der Waals surface area (Å²) in [7, 11) is 1.07. The van der Waals surface area contributed by atoms with Gasteiger partial charge in [-0.05, 0) is 17.7 Å². The standard InChI is InChI=1S/C15H10F3NO4/c1-23-14(20)11-7-6-9(19(21)22)8-12(11)10-4-2-3-5-13(10)15(16,17)18/h2-8H,1H3. The highest BCUT2D eigenvalue weighted by Gasteiger charge is 2.34. The van der Waals surface area contributed by atoms with E-state index in [1.54, 1.807) is 0 Å². The first kappa shape index (κ1) is 16.5. The molecule has 120 valence electrons. The first-order chi connectivity index (χ1) is 10.8. The lowest BCUT2D eigenvalue weighted by atomic mass is 9.94. The second-order valence-corrected chi connectivity index (χ2v) is 4.52. The highest BCUT2D eigenvalue weighted by molar-refractivity contribution is 5.98. The molecule has 2 aromatic rings. The number of carbonyl (C=O) groups is 1. The fourth-order valence-electron chi connectivity index (χ4n) is 2.12. The van der Waals surface area contributed by atoms with Crippen molar-refractivity contribution in [2.24, 2.45) is 0 Å². The van der Waals surface area contributed by atoms with Gasteiger partial charge in [0.25, 0.3) is 5.69 Å². The Labute approximate surface area is 128 Å². The Balaban J connectivity index is 2.78. The lowest BCUT2D eigenvalue weighted by Gasteiger charge is -2.15. The number of esters is 1. The van der Waals surface area contributed by atoms with Gasteiger partial charge in [-0.1, -0.05) is 18.2 Å². The van der Waals surface area contributed by atoms with Crippen molar-refractivity contribution < 1.29 is 27.6 Å². The van der Waals surface area contributed by atoms with Gasteiger partial charge in [-0.3, -0.25) is 10.1 Å². The SMILES string of the molecule is COC(=O)c1ccc([N+](=O)[O-])cc1-c1ccccc1C(F)(F)F. The van der Waals surface area contributed by atoms with Crippen LogP contribution in [0.15, 0.2) is 42.5 Å². The molecular weight excluding hydrogens is 315 g/mol. The number of hydrogen-bond acceptors (Lipinski definition) is 4. The van der Waals surface area contributed by atoms with Crippen molar-refractivity contribution in [3.63, 3.8) is 0 Å². The summed E-state index contributed by atoms with van der Waals surface area (Å²) in [5, 5.41) is 10.9. The van der Waals surface area contributed by atoms with E-state index in [1.807, 2.05) is 0 Å². The van der Waals surface area contributed by atoms with E-state index >= 15 is 0 Å². The molecule has 0 spiro atoms. The van der Waals surface area contributed by atoms with Gasteiger partial charge < -0.3 is 4.74 Å². The minimum absolute atomic E-state index is 0.185. The fourth-order valence-corrected chi connectivity index (χ4v) is 2.12. The molecule has 0 fully saturated rings. The highest BCUT2D eigenvalue weighted by Crippen LogP contribution is 2.39. The van der Waals surface area contributed by atoms with Crippen molar-refractivity contribution in [2.45, 2.75) is 6.18 Å². The predicted octanol–water partition coefficient (Wildman–Crippen LogP) is 4.07. The van der Waals surface area contributed by atoms with Gasteiger partial charge in [0.1, 0.15) is 0 Å². The lowest BCUT2D eigenvalue weighted by Crippen LogP contribution is -2.10. The molecular formula is C15H10F3NO4. The first-order valence-corrected chi connectivity index (χ1v) is 6.29. The van der Waals surface area contributed by atoms with E-state index in [-0.39, 0.29) is 16.7 Å². The molecule has 0 aromatic heterocycles. The number of alkyl halides is 3. The van der Waals surface area contributed by atoms with Gasteiger partial charge in [0.2, 0.25) is 0 Å². The van der Waals surface area contributed by atoms with E-state index in [0.29, 0.717) is 0 Å². The van der Waals surface area contributed by atoms with E-state index in [4.69, 9.17) is 0 Å². The van der Waals surface area contributed by atoms with Crippen molar-refractivity contribution in [3.05, 3.63) is 63.7 Å². The molecule has 0 bridgehead atoms. The number of halogens is 3. The number of ether oxygens (including phenoxy) is 1. The number of carbonyl (C=O) groups excluding carboxylic acids is 1. The summed E-state index contributed by atoms with van der Waals surface area (Å²) in [5.74, 6) is -0.883. The molecule has 0 aliphatic carbocycles. The van der Waals surface area contributed by atoms with Crippen LogP contribution in [0.4, 0.5) is 18.9 Å². The monoisotopic (exact) mass is 325 g/mol. The maximum Gasteiger partial charge on any atom is 0.417 e. The number of methoxy groups -OCH3 is 1. The fraction of sp³-hybridized carbons (Fsp3) is 0.133. The molecule has 2 aromatic carbocycles. The number of nitrogens with zero attached hydrogens (tertiary/aromatic N) is 1. The zero-order valence-corrected chi connectivity index (χ0v) is 11.8. The molecule has 0 radical (unpaired) electrons. The number of non-ortho nitro benzene ring substituents is 1. The Bertz CT molecular complexity index is 772. The van der Waals surface area contributed by atoms with Crippen LogP contribution in [0.3, 0.4) is 0 Å². The van der Waals surface area contributed by atoms with Gasteiger partial charge in [-0.25, -0.2) is 4.79 Å². The Hall–Kier alpha value is -2.90. The number of benzene rings is 2. The molecule has 0 atom stereocenters. The molecule has 0 heterocycles. The Morgan fingerprint density at radius 1 is 1.13 bits per heavy atom. The average Bonchev–Trinajstić information content (AvgIpc) is 2.52. The average molecular weight is 325 g/mol. The molecule has 2 rings (SSSR count). The summed E-state index contributed by atoms with van der Waals surface area (Å²) >= 11 is 0. The first-order valence-electron chi connectivity index (χ1n) is 6.29. The van der Waals surface area contributed by atoms with Gasteiger partial charge in [0.15, 0.2) is 0 Å². The summed E-state index contributed by atoms with van der Waals surface area (Å²) < 4.78 is 44.0. The number of hydrogen-bond donors (Lipinski definition) is 0. The minimum Gasteiger partial charge on any atom is -0.465 e. The number of rotatable bonds is 3. The number of nitro benzene ring substituents is 1. The quantitative estimate of drug-likeness (QED) is 0.484. The van der Waals surface area contributed by atoms with Gasteiger partial charge >= 0.3 is 12.1 Å². The molecule has 0 aliphatic rings. The van der Waals surface area contributed by atoms with E-state index < -0.39 is 28.3 Å². The summed E-state index contributed by atoms with van der Waals surface area (Å²) in [6.45, 7) is 0. The van der Waals surface area contributed by atoms with Crippen molar-refractivity contribution in [2.75, 3.05) is 7.11 Å². The minimum atomic E-state index is -4.67. The third-order valence-electron chi connectivity index (χ3n) is 3.14. The maximum atomic E-state index is 13.2. The van der Waals surface area contributed by atoms with E-state index in [0.717, 1.165) is 37.4 Å². The Kier molecular flexibility index (Phi) is 4.35. The van der Waals surface area contributed by atoms with Crippen molar-refractivity contribution in [1.29, 1.82) is 0 Å². The van der Waals surface area contributed by atoms with Crippen LogP contribution in [0.5, 0.6) is 0 Å². The van der Waals surface area contributed by atoms with Crippen LogP contribution in [-0.2, 0) is 10.9 Å². The molecule has 0 N–H and O–H groups in total. The van der Waals surface area contributed by atoms with Crippen LogP contribution in [0.1, 0.15) is 15.9 Å². The van der Waals surface area contributed by atoms with Gasteiger partial charge in [0, 0.05) is 17.7 Å². The zero-order valence-electron chi connectivity index (χ0n) is 11.8. The van der Waals surface area contributed by atoms with Crippen LogP contribution in [0.2, 0.25) is 0 Å². The second-order valence-electron chi connectivity index (χ2n) is 4.52. The van der Waals surface area contributed by atoms with E-state index in [1.165, 1.54) is 12.1 Å². The number of nitro groups is 1. The molecule has 0 amide bonds. The van der Waals surface area contributed by atoms with Crippen molar-refractivity contribution >= 4 is 11.7 Å². The summed E-state index contributed by atoms with van der Waals surface area (Å²) in [4.78, 5) is 21.9. The van der Waals surface area contributed by atoms with Gasteiger partial charge in [-0.15, -0.1) is 0 Å². The largest absolute Gasteiger partial charge is 0.465 e. The summed E-state index contributed by atoms with van der Waals surface area (Å²) in [6.07, 6.45) is -4.67. The highest BCUT2D eigenvalue weighted by atomic mass is 19.4. The maximum absolute atomic E-state index is 13.2. The molecule has 0 saturated carbocycles. The Morgan fingerprint density at radius 2 is 1.78 bits per heavy atom. The smallest absolute Gasteiger partial charge is 0.417 e. The van der Waals surface area contributed by atoms with E-state index in [9.17, 15) is 28.1 Å². The van der Waals surface area contributed by atoms with Crippen molar-refractivity contribution in [3.8, 4) is 11.1 Å². The van der Waals surface area contributed by atoms with Crippen LogP contribution in [0, 0.1) is 10.1 Å². The lowest BCUT2D eigenvalue weighted by molar-refractivity contribution is -0.384. The summed E-state index contributed by atoms with van der Waals surface area (Å²) in [5.41, 5.74) is -2.15. The van der Waals surface area contributed by atoms with Crippen LogP contribution < -0.4 is 0 Å². The topological polar surface area (TPSA) is 69.4 Å². The second kappa shape index (κ2) is 6.07. The van der Waals surface area contributed by atoms with Crippen molar-refractivity contribution in [1.82, 2.24) is 0 Å². The molecule has 23 heavy (non-hydrogen) atoms. The molecule has 0 saturated heterocycles. The van der Waals surface area contributed by atoms with Gasteiger partial charge in [-0.2, -0.15) is 13.2 Å². The summed E-state index contributed by atoms with van der Waals surface area (Å²) in [6, 6.07) is 7.57. The van der Waals surface area contributed by atoms with Crippen LogP contribution in [0.25, 0.3) is 11.1 Å². The van der Waals surface area contributed by atoms with Crippen LogP contribution in [-0.4, -0.2) is 18.0 Å². The molecule has 8 heteroatoms. The Morgan fingerprint density at radius 3 is 2.35 bits per heavy atom. The third kappa shape index (κ3) is 3.31. The predicted molar refractivity (Wildman–Crippen MR) is 74.9 cm³/mol. The molecule has 0 aliphatic heterocycles. The zero-order chi connectivity index (χ0) is 17.2.